The molecule has 0 saturated carbocycles. The molecule has 0 heterocycles. The van der Waals surface area contributed by atoms with Gasteiger partial charge in [0.2, 0.25) is 0 Å². The topological polar surface area (TPSA) is 111 Å². The first-order chi connectivity index (χ1) is 16.0. The van der Waals surface area contributed by atoms with E-state index in [1.807, 2.05) is 0 Å². The lowest BCUT2D eigenvalue weighted by Gasteiger charge is -2.33. The van der Waals surface area contributed by atoms with Crippen LogP contribution in [0.5, 0.6) is 5.75 Å². The zero-order valence-electron chi connectivity index (χ0n) is 22.2. The maximum Gasteiger partial charge on any atom is 0.144 e. The van der Waals surface area contributed by atoms with Gasteiger partial charge in [-0.1, -0.05) is 77.1 Å². The van der Waals surface area contributed by atoms with Crippen molar-refractivity contribution in [3.8, 4) is 5.75 Å². The fraction of sp³-hybridized carbons (Fsp3) is 0.556. The van der Waals surface area contributed by atoms with Crippen molar-refractivity contribution in [2.45, 2.75) is 53.0 Å². The molecule has 2 aromatic carbocycles. The Bertz CT molecular complexity index is 837. The van der Waals surface area contributed by atoms with Gasteiger partial charge in [-0.3, -0.25) is 13.7 Å². The van der Waals surface area contributed by atoms with Gasteiger partial charge in [-0.05, 0) is 34.9 Å². The van der Waals surface area contributed by atoms with Crippen LogP contribution in [0.15, 0.2) is 54.6 Å². The summed E-state index contributed by atoms with van der Waals surface area (Å²) in [6, 6.07) is 19.2. The van der Waals surface area contributed by atoms with Crippen molar-refractivity contribution < 1.29 is 47.8 Å². The van der Waals surface area contributed by atoms with Crippen LogP contribution in [0, 0.1) is 5.41 Å². The van der Waals surface area contributed by atoms with Crippen LogP contribution in [0.1, 0.15) is 52.2 Å². The quantitative estimate of drug-likeness (QED) is 0.173. The van der Waals surface area contributed by atoms with E-state index in [4.69, 9.17) is 23.2 Å². The number of rotatable bonds is 11. The summed E-state index contributed by atoms with van der Waals surface area (Å²) in [7, 11) is 4.49. The van der Waals surface area contributed by atoms with Crippen LogP contribution < -0.4 is 38.6 Å². The number of likely N-dealkylation sites (N-methyl/N-ethyl adjacent to an activating group) is 1. The minimum Gasteiger partial charge on any atom is -0.491 e. The first-order valence-corrected chi connectivity index (χ1v) is 15.3. The number of hydrogen-bond acceptors (Lipinski definition) is 6. The van der Waals surface area contributed by atoms with Gasteiger partial charge in [0.15, 0.2) is 0 Å². The van der Waals surface area contributed by atoms with Crippen LogP contribution in [-0.4, -0.2) is 44.9 Å². The molecule has 198 valence electrons. The molecule has 0 saturated heterocycles. The zero-order chi connectivity index (χ0) is 26.8. The molecule has 0 spiro atoms. The van der Waals surface area contributed by atoms with Gasteiger partial charge in [0.1, 0.15) is 45.5 Å². The smallest absolute Gasteiger partial charge is 0.144 e. The summed E-state index contributed by atoms with van der Waals surface area (Å²) in [5, 5.41) is 0. The van der Waals surface area contributed by atoms with Crippen LogP contribution in [-0.2, 0) is 16.7 Å². The van der Waals surface area contributed by atoms with Crippen molar-refractivity contribution in [1.29, 1.82) is 0 Å². The van der Waals surface area contributed by atoms with Crippen molar-refractivity contribution in [2.75, 3.05) is 40.5 Å². The maximum absolute atomic E-state index is 8.62. The van der Waals surface area contributed by atoms with E-state index in [1.165, 1.54) is 11.1 Å². The van der Waals surface area contributed by atoms with E-state index in [9.17, 15) is 0 Å². The number of quaternary nitrogens is 1. The molecule has 0 aliphatic carbocycles. The number of halogens is 1. The minimum atomic E-state index is -5.94. The van der Waals surface area contributed by atoms with Gasteiger partial charge in [-0.2, -0.15) is 0 Å². The molecule has 0 amide bonds. The summed E-state index contributed by atoms with van der Waals surface area (Å²) in [4.78, 5) is 0. The molecular weight excluding hydrogens is 561 g/mol. The number of nitrogens with zero attached hydrogens (tertiary/aromatic N) is 1. The molecule has 0 unspecified atom stereocenters. The molecular formula is C27H42INO6. The fourth-order valence-corrected chi connectivity index (χ4v) is 4.22. The first-order valence-electron chi connectivity index (χ1n) is 11.8. The van der Waals surface area contributed by atoms with E-state index >= 15 is 0 Å². The first kappa shape index (κ1) is 31.8. The molecule has 8 heteroatoms. The van der Waals surface area contributed by atoms with Crippen molar-refractivity contribution in [1.82, 2.24) is 0 Å². The molecule has 2 rings (SSSR count). The number of hydrogen-bond donors (Lipinski definition) is 0. The molecule has 35 heavy (non-hydrogen) atoms. The molecule has 0 aromatic heterocycles. The highest BCUT2D eigenvalue weighted by Crippen LogP contribution is 2.36. The highest BCUT2D eigenvalue weighted by atomic mass is 127. The Labute approximate surface area is 217 Å². The second-order valence-corrected chi connectivity index (χ2v) is 13.4. The summed E-state index contributed by atoms with van der Waals surface area (Å²) < 4.78 is 47.1. The molecule has 0 atom stereocenters. The predicted octanol–water partition coefficient (Wildman–Crippen LogP) is -1.68. The molecule has 0 fully saturated rings. The third-order valence-electron chi connectivity index (χ3n) is 5.40. The Morgan fingerprint density at radius 2 is 1.31 bits per heavy atom. The minimum absolute atomic E-state index is 0.157. The Morgan fingerprint density at radius 3 is 1.83 bits per heavy atom. The molecule has 0 aliphatic rings. The standard InChI is InChI=1S/C27H42NO2.IO4/c1-26(2,3)22-27(4,5)24-13-15-25(16-14-24)30-20-19-29-18-17-28(6,7)21-23-11-9-8-10-12-23;2-1(3,4)5/h8-16H,17-22H2,1-7H3;/q+1;-1. The van der Waals surface area contributed by atoms with Gasteiger partial charge < -0.3 is 14.0 Å². The second-order valence-electron chi connectivity index (χ2n) is 11.3. The third kappa shape index (κ3) is 16.2. The summed E-state index contributed by atoms with van der Waals surface area (Å²) in [6.07, 6.45) is 1.15. The van der Waals surface area contributed by atoms with E-state index in [2.05, 4.69) is 103 Å². The van der Waals surface area contributed by atoms with Crippen LogP contribution in [0.3, 0.4) is 0 Å². The zero-order valence-corrected chi connectivity index (χ0v) is 24.4. The van der Waals surface area contributed by atoms with E-state index in [0.717, 1.165) is 36.3 Å². The lowest BCUT2D eigenvalue weighted by atomic mass is 9.72. The van der Waals surface area contributed by atoms with Crippen LogP contribution in [0.4, 0.5) is 0 Å². The highest BCUT2D eigenvalue weighted by Gasteiger charge is 2.27. The summed E-state index contributed by atoms with van der Waals surface area (Å²) in [5.41, 5.74) is 3.19. The molecule has 0 aliphatic heterocycles. The van der Waals surface area contributed by atoms with Gasteiger partial charge in [-0.25, -0.2) is 0 Å². The Morgan fingerprint density at radius 1 is 0.771 bits per heavy atom. The fourth-order valence-electron chi connectivity index (χ4n) is 4.22. The van der Waals surface area contributed by atoms with Crippen molar-refractivity contribution in [2.24, 2.45) is 5.41 Å². The molecule has 0 bridgehead atoms. The molecule has 0 radical (unpaired) electrons. The van der Waals surface area contributed by atoms with Gasteiger partial charge in [0, 0.05) is 5.56 Å². The molecule has 2 aromatic rings. The van der Waals surface area contributed by atoms with Crippen LogP contribution in [0.25, 0.3) is 0 Å². The Hall–Kier alpha value is -1.27. The van der Waals surface area contributed by atoms with Crippen molar-refractivity contribution in [3.63, 3.8) is 0 Å². The Kier molecular flexibility index (Phi) is 12.6. The highest BCUT2D eigenvalue weighted by molar-refractivity contribution is 5.31. The van der Waals surface area contributed by atoms with Gasteiger partial charge in [0.05, 0.1) is 27.3 Å². The average Bonchev–Trinajstić information content (AvgIpc) is 2.68. The number of benzene rings is 2. The third-order valence-corrected chi connectivity index (χ3v) is 5.40. The van der Waals surface area contributed by atoms with E-state index < -0.39 is 20.1 Å². The van der Waals surface area contributed by atoms with Gasteiger partial charge in [0.25, 0.3) is 0 Å². The summed E-state index contributed by atoms with van der Waals surface area (Å²) in [5.74, 6) is 0.911. The monoisotopic (exact) mass is 603 g/mol. The summed E-state index contributed by atoms with van der Waals surface area (Å²) in [6.45, 7) is 15.5. The Balaban J connectivity index is 0.00000111. The van der Waals surface area contributed by atoms with Crippen LogP contribution >= 0.6 is 0 Å². The number of ether oxygens (including phenoxy) is 2. The summed E-state index contributed by atoms with van der Waals surface area (Å²) >= 11 is -5.94. The van der Waals surface area contributed by atoms with Crippen molar-refractivity contribution >= 4 is 0 Å². The van der Waals surface area contributed by atoms with E-state index in [-0.39, 0.29) is 5.41 Å². The van der Waals surface area contributed by atoms with Crippen molar-refractivity contribution in [3.05, 3.63) is 65.7 Å². The van der Waals surface area contributed by atoms with Gasteiger partial charge >= 0.3 is 0 Å². The lowest BCUT2D eigenvalue weighted by molar-refractivity contribution is -2.00. The largest absolute Gasteiger partial charge is 0.491 e. The molecule has 7 nitrogen and oxygen atoms in total. The molecule has 0 N–H and O–H groups in total. The lowest BCUT2D eigenvalue weighted by Crippen LogP contribution is -4.29. The van der Waals surface area contributed by atoms with Gasteiger partial charge in [-0.15, -0.1) is 0 Å². The normalized spacial score (nSPS) is 12.7. The average molecular weight is 604 g/mol. The second kappa shape index (κ2) is 13.9. The van der Waals surface area contributed by atoms with E-state index in [1.54, 1.807) is 0 Å². The SMILES string of the molecule is CC(C)(C)CC(C)(C)c1ccc(OCCOCC[N+](C)(C)Cc2ccccc2)cc1.[O-][I+3]([O-])([O-])[O-]. The van der Waals surface area contributed by atoms with Crippen LogP contribution in [0.2, 0.25) is 0 Å². The predicted molar refractivity (Wildman–Crippen MR) is 127 cm³/mol. The van der Waals surface area contributed by atoms with E-state index in [0.29, 0.717) is 18.6 Å². The maximum atomic E-state index is 8.62.